The van der Waals surface area contributed by atoms with Crippen LogP contribution >= 0.6 is 0 Å². The Morgan fingerprint density at radius 1 is 1.10 bits per heavy atom. The molecule has 3 heteroatoms. The monoisotopic (exact) mass is 290 g/mol. The summed E-state index contributed by atoms with van der Waals surface area (Å²) >= 11 is 0. The predicted octanol–water partition coefficient (Wildman–Crippen LogP) is 5.15. The molecular formula is C18H30N2O. The van der Waals surface area contributed by atoms with Crippen LogP contribution in [0.15, 0.2) is 24.3 Å². The molecule has 0 unspecified atom stereocenters. The minimum Gasteiger partial charge on any atom is -0.338 e. The molecule has 2 fully saturated rings. The fraction of sp³-hybridized carbons (Fsp3) is 0.611. The van der Waals surface area contributed by atoms with Gasteiger partial charge < -0.3 is 10.6 Å². The number of amides is 2. The maximum Gasteiger partial charge on any atom is 0.319 e. The number of rotatable bonds is 4. The van der Waals surface area contributed by atoms with Crippen LogP contribution in [-0.4, -0.2) is 12.6 Å². The summed E-state index contributed by atoms with van der Waals surface area (Å²) in [5.74, 6) is 1.38. The molecule has 2 saturated carbocycles. The Morgan fingerprint density at radius 2 is 1.90 bits per heavy atom. The van der Waals surface area contributed by atoms with Crippen LogP contribution < -0.4 is 10.6 Å². The van der Waals surface area contributed by atoms with E-state index in [9.17, 15) is 4.79 Å². The smallest absolute Gasteiger partial charge is 0.319 e. The van der Waals surface area contributed by atoms with Crippen molar-refractivity contribution in [3.05, 3.63) is 29.8 Å². The van der Waals surface area contributed by atoms with Gasteiger partial charge in [-0.3, -0.25) is 0 Å². The van der Waals surface area contributed by atoms with Crippen LogP contribution in [0.2, 0.25) is 0 Å². The van der Waals surface area contributed by atoms with E-state index >= 15 is 0 Å². The molecule has 2 N–H and O–H groups in total. The SMILES string of the molecule is O=C(NCC1CCC1)Nc1cccc(C2CCCCC2)c1.[HH].[HH]. The van der Waals surface area contributed by atoms with Crippen molar-refractivity contribution in [2.45, 2.75) is 57.3 Å². The van der Waals surface area contributed by atoms with Crippen molar-refractivity contribution >= 4 is 11.7 Å². The molecule has 1 aromatic carbocycles. The van der Waals surface area contributed by atoms with Gasteiger partial charge in [-0.1, -0.05) is 37.8 Å². The Bertz CT molecular complexity index is 486. The quantitative estimate of drug-likeness (QED) is 0.791. The van der Waals surface area contributed by atoms with Gasteiger partial charge in [0.15, 0.2) is 0 Å². The molecule has 3 nitrogen and oxygen atoms in total. The van der Waals surface area contributed by atoms with Gasteiger partial charge in [-0.05, 0) is 55.2 Å². The van der Waals surface area contributed by atoms with Gasteiger partial charge in [-0.2, -0.15) is 0 Å². The number of nitrogens with one attached hydrogen (secondary N) is 2. The zero-order valence-electron chi connectivity index (χ0n) is 12.7. The van der Waals surface area contributed by atoms with Gasteiger partial charge >= 0.3 is 6.03 Å². The summed E-state index contributed by atoms with van der Waals surface area (Å²) in [5, 5.41) is 5.96. The summed E-state index contributed by atoms with van der Waals surface area (Å²) in [6.07, 6.45) is 10.5. The van der Waals surface area contributed by atoms with E-state index in [-0.39, 0.29) is 8.88 Å². The summed E-state index contributed by atoms with van der Waals surface area (Å²) < 4.78 is 0. The molecule has 3 rings (SSSR count). The van der Waals surface area contributed by atoms with Crippen LogP contribution in [-0.2, 0) is 0 Å². The lowest BCUT2D eigenvalue weighted by Gasteiger charge is -2.25. The van der Waals surface area contributed by atoms with Gasteiger partial charge in [0.1, 0.15) is 0 Å². The Hall–Kier alpha value is -1.51. The highest BCUT2D eigenvalue weighted by atomic mass is 16.2. The Kier molecular flexibility index (Phi) is 4.79. The second-order valence-electron chi connectivity index (χ2n) is 6.59. The summed E-state index contributed by atoms with van der Waals surface area (Å²) in [4.78, 5) is 11.9. The van der Waals surface area contributed by atoms with Gasteiger partial charge in [-0.25, -0.2) is 4.79 Å². The van der Waals surface area contributed by atoms with Crippen LogP contribution in [0.1, 0.15) is 65.7 Å². The zero-order chi connectivity index (χ0) is 14.5. The fourth-order valence-corrected chi connectivity index (χ4v) is 3.42. The minimum absolute atomic E-state index is 0. The van der Waals surface area contributed by atoms with E-state index in [0.29, 0.717) is 11.8 Å². The lowest BCUT2D eigenvalue weighted by atomic mass is 9.84. The third-order valence-electron chi connectivity index (χ3n) is 5.00. The summed E-state index contributed by atoms with van der Waals surface area (Å²) in [5.41, 5.74) is 2.30. The van der Waals surface area contributed by atoms with Gasteiger partial charge in [0.05, 0.1) is 0 Å². The van der Waals surface area contributed by atoms with Gasteiger partial charge in [0, 0.05) is 15.1 Å². The van der Waals surface area contributed by atoms with E-state index in [2.05, 4.69) is 28.8 Å². The minimum atomic E-state index is -0.0669. The van der Waals surface area contributed by atoms with E-state index in [1.807, 2.05) is 6.07 Å². The van der Waals surface area contributed by atoms with Crippen LogP contribution in [0.5, 0.6) is 0 Å². The van der Waals surface area contributed by atoms with E-state index in [4.69, 9.17) is 0 Å². The van der Waals surface area contributed by atoms with Gasteiger partial charge in [-0.15, -0.1) is 0 Å². The first-order chi connectivity index (χ1) is 10.3. The number of carbonyl (C=O) groups is 1. The first-order valence-corrected chi connectivity index (χ1v) is 8.46. The average molecular weight is 290 g/mol. The molecule has 118 valence electrons. The number of hydrogen-bond donors (Lipinski definition) is 2. The number of urea groups is 1. The molecule has 0 radical (unpaired) electrons. The van der Waals surface area contributed by atoms with Crippen molar-refractivity contribution in [3.63, 3.8) is 0 Å². The first-order valence-electron chi connectivity index (χ1n) is 8.46. The number of hydrogen-bond acceptors (Lipinski definition) is 1. The lowest BCUT2D eigenvalue weighted by molar-refractivity contribution is 0.243. The van der Waals surface area contributed by atoms with Crippen LogP contribution in [0.25, 0.3) is 0 Å². The lowest BCUT2D eigenvalue weighted by Crippen LogP contribution is -2.35. The average Bonchev–Trinajstić information content (AvgIpc) is 2.47. The second-order valence-corrected chi connectivity index (χ2v) is 6.59. The Labute approximate surface area is 130 Å². The van der Waals surface area contributed by atoms with Gasteiger partial charge in [0.2, 0.25) is 0 Å². The van der Waals surface area contributed by atoms with Crippen molar-refractivity contribution in [2.24, 2.45) is 5.92 Å². The maximum atomic E-state index is 11.9. The predicted molar refractivity (Wildman–Crippen MR) is 90.9 cm³/mol. The van der Waals surface area contributed by atoms with Crippen LogP contribution in [0.3, 0.4) is 0 Å². The third-order valence-corrected chi connectivity index (χ3v) is 5.00. The number of carbonyl (C=O) groups excluding carboxylic acids is 1. The second kappa shape index (κ2) is 6.97. The molecule has 2 amide bonds. The van der Waals surface area contributed by atoms with Crippen LogP contribution in [0, 0.1) is 5.92 Å². The highest BCUT2D eigenvalue weighted by Crippen LogP contribution is 2.33. The highest BCUT2D eigenvalue weighted by molar-refractivity contribution is 5.89. The molecule has 0 spiro atoms. The number of anilines is 1. The van der Waals surface area contributed by atoms with Crippen molar-refractivity contribution in [1.29, 1.82) is 0 Å². The van der Waals surface area contributed by atoms with Crippen molar-refractivity contribution < 1.29 is 7.65 Å². The van der Waals surface area contributed by atoms with Gasteiger partial charge in [0.25, 0.3) is 0 Å². The molecule has 1 aromatic rings. The molecular weight excluding hydrogens is 260 g/mol. The third kappa shape index (κ3) is 3.99. The first kappa shape index (κ1) is 14.4. The molecule has 0 atom stereocenters. The van der Waals surface area contributed by atoms with E-state index < -0.39 is 0 Å². The molecule has 0 aliphatic heterocycles. The van der Waals surface area contributed by atoms with Crippen LogP contribution in [0.4, 0.5) is 10.5 Å². The van der Waals surface area contributed by atoms with Crippen molar-refractivity contribution in [1.82, 2.24) is 5.32 Å². The molecule has 2 aliphatic carbocycles. The topological polar surface area (TPSA) is 41.1 Å². The van der Waals surface area contributed by atoms with E-state index in [1.165, 1.54) is 56.9 Å². The Balaban J connectivity index is 0.00000132. The maximum absolute atomic E-state index is 11.9. The molecule has 21 heavy (non-hydrogen) atoms. The molecule has 0 saturated heterocycles. The summed E-state index contributed by atoms with van der Waals surface area (Å²) in [7, 11) is 0. The fourth-order valence-electron chi connectivity index (χ4n) is 3.42. The summed E-state index contributed by atoms with van der Waals surface area (Å²) in [6.45, 7) is 0.814. The molecule has 0 bridgehead atoms. The molecule has 0 heterocycles. The molecule has 2 aliphatic rings. The van der Waals surface area contributed by atoms with E-state index in [1.54, 1.807) is 0 Å². The highest BCUT2D eigenvalue weighted by Gasteiger charge is 2.18. The summed E-state index contributed by atoms with van der Waals surface area (Å²) in [6, 6.07) is 8.33. The Morgan fingerprint density at radius 3 is 2.62 bits per heavy atom. The van der Waals surface area contributed by atoms with Crippen molar-refractivity contribution in [3.8, 4) is 0 Å². The molecule has 0 aromatic heterocycles. The largest absolute Gasteiger partial charge is 0.338 e. The standard InChI is InChI=1S/C18H26N2O.2H2/c21-18(19-13-14-6-4-7-14)20-17-11-5-10-16(12-17)15-8-2-1-3-9-15;;/h5,10-12,14-15H,1-4,6-9,13H2,(H2,19,20,21);2*1H. The van der Waals surface area contributed by atoms with E-state index in [0.717, 1.165) is 12.2 Å². The normalized spacial score (nSPS) is 19.8. The zero-order valence-corrected chi connectivity index (χ0v) is 12.7. The number of benzene rings is 1. The van der Waals surface area contributed by atoms with Crippen molar-refractivity contribution in [2.75, 3.05) is 11.9 Å².